The van der Waals surface area contributed by atoms with Crippen LogP contribution >= 0.6 is 0 Å². The molecule has 4 rings (SSSR count). The number of hydrogen-bond acceptors (Lipinski definition) is 4. The first-order valence-corrected chi connectivity index (χ1v) is 7.75. The highest BCUT2D eigenvalue weighted by molar-refractivity contribution is 6.06. The Labute approximate surface area is 138 Å². The monoisotopic (exact) mass is 324 g/mol. The lowest BCUT2D eigenvalue weighted by Gasteiger charge is -2.26. The number of aliphatic imine (C=N–C) groups is 1. The molecule has 2 aromatic rings. The summed E-state index contributed by atoms with van der Waals surface area (Å²) < 4.78 is 11.3. The Morgan fingerprint density at radius 1 is 1.21 bits per heavy atom. The number of rotatable bonds is 3. The van der Waals surface area contributed by atoms with E-state index < -0.39 is 6.09 Å². The van der Waals surface area contributed by atoms with Crippen molar-refractivity contribution < 1.29 is 19.4 Å². The number of benzene rings is 2. The van der Waals surface area contributed by atoms with Crippen molar-refractivity contribution in [2.75, 3.05) is 18.5 Å². The van der Waals surface area contributed by atoms with Crippen molar-refractivity contribution in [2.45, 2.75) is 6.42 Å². The number of hydrogen-bond donors (Lipinski definition) is 2. The second-order valence-electron chi connectivity index (χ2n) is 5.88. The van der Waals surface area contributed by atoms with Gasteiger partial charge in [0, 0.05) is 17.2 Å². The fraction of sp³-hybridized carbons (Fsp3) is 0.222. The number of carbonyl (C=O) groups is 1. The van der Waals surface area contributed by atoms with Crippen molar-refractivity contribution in [3.8, 4) is 11.5 Å². The zero-order chi connectivity index (χ0) is 16.5. The highest BCUT2D eigenvalue weighted by Crippen LogP contribution is 2.39. The highest BCUT2D eigenvalue weighted by atomic mass is 16.5. The molecular formula is C18H16N2O4. The van der Waals surface area contributed by atoms with Gasteiger partial charge in [-0.05, 0) is 36.8 Å². The highest BCUT2D eigenvalue weighted by Gasteiger charge is 2.25. The Kier molecular flexibility index (Phi) is 3.66. The zero-order valence-corrected chi connectivity index (χ0v) is 12.9. The minimum Gasteiger partial charge on any atom is -0.465 e. The lowest BCUT2D eigenvalue weighted by molar-refractivity contribution is -0.0278. The second-order valence-corrected chi connectivity index (χ2v) is 5.88. The summed E-state index contributed by atoms with van der Waals surface area (Å²) in [6.07, 6.45) is -0.333. The van der Waals surface area contributed by atoms with E-state index in [9.17, 15) is 4.79 Å². The van der Waals surface area contributed by atoms with Crippen LogP contribution in [-0.4, -0.2) is 30.1 Å². The number of nitrogens with one attached hydrogen (secondary N) is 1. The van der Waals surface area contributed by atoms with Gasteiger partial charge in [-0.15, -0.1) is 0 Å². The maximum atomic E-state index is 10.9. The smallest absolute Gasteiger partial charge is 0.409 e. The standard InChI is InChI=1S/C18H16N2O4/c21-18(22)19-12-5-6-16-13(8-12)15(7-11-9-23-10-11)20-14-3-1-2-4-17(14)24-16/h1-6,8,11,19H,7,9-10H2,(H,21,22). The molecule has 122 valence electrons. The second kappa shape index (κ2) is 5.98. The Hall–Kier alpha value is -2.86. The molecule has 6 nitrogen and oxygen atoms in total. The third-order valence-corrected chi connectivity index (χ3v) is 4.07. The van der Waals surface area contributed by atoms with E-state index in [1.54, 1.807) is 18.2 Å². The molecule has 0 aromatic heterocycles. The van der Waals surface area contributed by atoms with E-state index in [2.05, 4.69) is 5.32 Å². The van der Waals surface area contributed by atoms with Crippen LogP contribution < -0.4 is 10.1 Å². The van der Waals surface area contributed by atoms with Gasteiger partial charge in [0.15, 0.2) is 5.75 Å². The molecule has 0 aliphatic carbocycles. The van der Waals surface area contributed by atoms with Crippen molar-refractivity contribution in [3.63, 3.8) is 0 Å². The molecule has 1 saturated heterocycles. The average Bonchev–Trinajstić information content (AvgIpc) is 2.67. The fourth-order valence-corrected chi connectivity index (χ4v) is 2.84. The number of amides is 1. The van der Waals surface area contributed by atoms with E-state index in [0.717, 1.165) is 36.6 Å². The molecule has 2 N–H and O–H groups in total. The van der Waals surface area contributed by atoms with Gasteiger partial charge in [0.25, 0.3) is 0 Å². The SMILES string of the molecule is O=C(O)Nc1ccc2c(c1)C(CC1COC1)=Nc1ccccc1O2. The number of fused-ring (bicyclic) bond motifs is 2. The van der Waals surface area contributed by atoms with Crippen molar-refractivity contribution in [3.05, 3.63) is 48.0 Å². The fourth-order valence-electron chi connectivity index (χ4n) is 2.84. The lowest BCUT2D eigenvalue weighted by Crippen LogP contribution is -2.29. The Balaban J connectivity index is 1.79. The van der Waals surface area contributed by atoms with E-state index in [4.69, 9.17) is 19.6 Å². The van der Waals surface area contributed by atoms with Gasteiger partial charge >= 0.3 is 6.09 Å². The van der Waals surface area contributed by atoms with Crippen LogP contribution in [0.15, 0.2) is 47.5 Å². The normalized spacial score (nSPS) is 15.9. The topological polar surface area (TPSA) is 80.2 Å². The van der Waals surface area contributed by atoms with Gasteiger partial charge in [-0.2, -0.15) is 0 Å². The molecule has 0 bridgehead atoms. The lowest BCUT2D eigenvalue weighted by atomic mass is 9.95. The van der Waals surface area contributed by atoms with E-state index in [-0.39, 0.29) is 0 Å². The first-order valence-electron chi connectivity index (χ1n) is 7.75. The summed E-state index contributed by atoms with van der Waals surface area (Å²) in [5.41, 5.74) is 2.96. The molecule has 0 unspecified atom stereocenters. The number of ether oxygens (including phenoxy) is 2. The summed E-state index contributed by atoms with van der Waals surface area (Å²) in [7, 11) is 0. The molecule has 2 aromatic carbocycles. The minimum absolute atomic E-state index is 0.429. The zero-order valence-electron chi connectivity index (χ0n) is 12.9. The van der Waals surface area contributed by atoms with Gasteiger partial charge in [0.05, 0.1) is 18.9 Å². The molecule has 2 aliphatic rings. The van der Waals surface area contributed by atoms with Crippen LogP contribution in [-0.2, 0) is 4.74 Å². The van der Waals surface area contributed by atoms with Gasteiger partial charge in [-0.1, -0.05) is 12.1 Å². The summed E-state index contributed by atoms with van der Waals surface area (Å²) in [5.74, 6) is 1.80. The van der Waals surface area contributed by atoms with Crippen molar-refractivity contribution in [1.82, 2.24) is 0 Å². The predicted molar refractivity (Wildman–Crippen MR) is 89.7 cm³/mol. The molecule has 1 amide bonds. The molecule has 1 fully saturated rings. The molecule has 6 heteroatoms. The van der Waals surface area contributed by atoms with Gasteiger partial charge in [0.1, 0.15) is 11.4 Å². The van der Waals surface area contributed by atoms with Crippen molar-refractivity contribution in [1.29, 1.82) is 0 Å². The van der Waals surface area contributed by atoms with Crippen LogP contribution in [0.1, 0.15) is 12.0 Å². The van der Waals surface area contributed by atoms with Crippen LogP contribution in [0, 0.1) is 5.92 Å². The molecule has 0 radical (unpaired) electrons. The Morgan fingerprint density at radius 3 is 2.79 bits per heavy atom. The maximum absolute atomic E-state index is 10.9. The van der Waals surface area contributed by atoms with Gasteiger partial charge in [-0.25, -0.2) is 9.79 Å². The van der Waals surface area contributed by atoms with Crippen molar-refractivity contribution >= 4 is 23.2 Å². The molecule has 0 spiro atoms. The Bertz CT molecular complexity index is 828. The van der Waals surface area contributed by atoms with Crippen LogP contribution in [0.25, 0.3) is 0 Å². The van der Waals surface area contributed by atoms with E-state index in [1.165, 1.54) is 0 Å². The molecule has 0 saturated carbocycles. The minimum atomic E-state index is -1.10. The third kappa shape index (κ3) is 2.83. The van der Waals surface area contributed by atoms with Crippen LogP contribution in [0.3, 0.4) is 0 Å². The van der Waals surface area contributed by atoms with Gasteiger partial charge in [0.2, 0.25) is 0 Å². The summed E-state index contributed by atoms with van der Waals surface area (Å²) in [5, 5.41) is 11.3. The molecule has 24 heavy (non-hydrogen) atoms. The van der Waals surface area contributed by atoms with Crippen molar-refractivity contribution in [2.24, 2.45) is 10.9 Å². The van der Waals surface area contributed by atoms with Gasteiger partial charge < -0.3 is 14.6 Å². The van der Waals surface area contributed by atoms with E-state index in [1.807, 2.05) is 24.3 Å². The first kappa shape index (κ1) is 14.7. The largest absolute Gasteiger partial charge is 0.465 e. The van der Waals surface area contributed by atoms with Crippen LogP contribution in [0.2, 0.25) is 0 Å². The third-order valence-electron chi connectivity index (χ3n) is 4.07. The maximum Gasteiger partial charge on any atom is 0.409 e. The number of anilines is 1. The first-order chi connectivity index (χ1) is 11.7. The quantitative estimate of drug-likeness (QED) is 0.893. The number of para-hydroxylation sites is 2. The molecule has 0 atom stereocenters. The van der Waals surface area contributed by atoms with E-state index >= 15 is 0 Å². The summed E-state index contributed by atoms with van der Waals surface area (Å²) in [4.78, 5) is 15.7. The predicted octanol–water partition coefficient (Wildman–Crippen LogP) is 4.04. The number of nitrogens with zero attached hydrogens (tertiary/aromatic N) is 1. The van der Waals surface area contributed by atoms with Gasteiger partial charge in [-0.3, -0.25) is 5.32 Å². The summed E-state index contributed by atoms with van der Waals surface area (Å²) in [6.45, 7) is 1.45. The van der Waals surface area contributed by atoms with E-state index in [0.29, 0.717) is 23.1 Å². The molecule has 2 heterocycles. The molecular weight excluding hydrogens is 308 g/mol. The summed E-state index contributed by atoms with van der Waals surface area (Å²) in [6, 6.07) is 12.8. The average molecular weight is 324 g/mol. The number of carboxylic acid groups (broad SMARTS) is 1. The molecule has 2 aliphatic heterocycles. The Morgan fingerprint density at radius 2 is 2.04 bits per heavy atom. The summed E-state index contributed by atoms with van der Waals surface area (Å²) >= 11 is 0. The van der Waals surface area contributed by atoms with Crippen LogP contribution in [0.4, 0.5) is 16.2 Å². The van der Waals surface area contributed by atoms with Crippen LogP contribution in [0.5, 0.6) is 11.5 Å².